The van der Waals surface area contributed by atoms with E-state index in [9.17, 15) is 8.42 Å². The highest BCUT2D eigenvalue weighted by atomic mass is 32.2. The van der Waals surface area contributed by atoms with Crippen LogP contribution < -0.4 is 10.6 Å². The summed E-state index contributed by atoms with van der Waals surface area (Å²) < 4.78 is 23.4. The van der Waals surface area contributed by atoms with Crippen molar-refractivity contribution >= 4 is 15.8 Å². The molecular formula is C19H33N3O2S. The minimum absolute atomic E-state index is 0.204. The van der Waals surface area contributed by atoms with Gasteiger partial charge in [-0.15, -0.1) is 0 Å². The summed E-state index contributed by atoms with van der Waals surface area (Å²) in [6, 6.07) is 1.10. The quantitative estimate of drug-likeness (QED) is 0.591. The number of nitrogens with zero attached hydrogens (tertiary/aromatic N) is 1. The maximum Gasteiger partial charge on any atom is 0.191 e. The Morgan fingerprint density at radius 2 is 1.80 bits per heavy atom. The molecule has 142 valence electrons. The summed E-state index contributed by atoms with van der Waals surface area (Å²) >= 11 is 0. The Kier molecular flexibility index (Phi) is 5.25. The van der Waals surface area contributed by atoms with Crippen LogP contribution in [0.4, 0.5) is 0 Å². The van der Waals surface area contributed by atoms with E-state index in [1.807, 2.05) is 0 Å². The van der Waals surface area contributed by atoms with E-state index in [2.05, 4.69) is 10.6 Å². The highest BCUT2D eigenvalue weighted by Crippen LogP contribution is 2.44. The molecule has 4 rings (SSSR count). The number of nitrogens with one attached hydrogen (secondary N) is 2. The van der Waals surface area contributed by atoms with E-state index in [0.717, 1.165) is 24.2 Å². The van der Waals surface area contributed by atoms with Gasteiger partial charge in [0.1, 0.15) is 0 Å². The largest absolute Gasteiger partial charge is 0.354 e. The molecule has 5 nitrogen and oxygen atoms in total. The molecule has 0 spiro atoms. The van der Waals surface area contributed by atoms with Crippen molar-refractivity contribution in [2.24, 2.45) is 22.7 Å². The van der Waals surface area contributed by atoms with Crippen molar-refractivity contribution in [3.8, 4) is 0 Å². The van der Waals surface area contributed by atoms with Gasteiger partial charge in [0.05, 0.1) is 11.5 Å². The number of fused-ring (bicyclic) bond motifs is 2. The molecule has 1 saturated heterocycles. The monoisotopic (exact) mass is 367 g/mol. The van der Waals surface area contributed by atoms with Gasteiger partial charge in [-0.2, -0.15) is 0 Å². The first-order chi connectivity index (χ1) is 12.1. The summed E-state index contributed by atoms with van der Waals surface area (Å²) in [5.41, 5.74) is 0. The SMILES string of the molecule is O=S1(=O)CCC(CN=C(NC2CCCCC2)NC2CC3CCC2C3)C1. The molecule has 3 saturated carbocycles. The van der Waals surface area contributed by atoms with E-state index >= 15 is 0 Å². The fourth-order valence-electron chi connectivity index (χ4n) is 5.41. The Bertz CT molecular complexity index is 598. The van der Waals surface area contributed by atoms with Crippen LogP contribution in [0.15, 0.2) is 4.99 Å². The molecule has 0 aromatic heterocycles. The summed E-state index contributed by atoms with van der Waals surface area (Å²) in [6.45, 7) is 0.641. The molecule has 0 aromatic carbocycles. The molecule has 2 bridgehead atoms. The molecule has 25 heavy (non-hydrogen) atoms. The molecule has 0 amide bonds. The number of hydrogen-bond donors (Lipinski definition) is 2. The topological polar surface area (TPSA) is 70.6 Å². The predicted octanol–water partition coefficient (Wildman–Crippen LogP) is 2.48. The Labute approximate surface area is 152 Å². The van der Waals surface area contributed by atoms with Crippen LogP contribution in [0.5, 0.6) is 0 Å². The first kappa shape index (κ1) is 17.6. The smallest absolute Gasteiger partial charge is 0.191 e. The van der Waals surface area contributed by atoms with Crippen LogP contribution in [-0.2, 0) is 9.84 Å². The van der Waals surface area contributed by atoms with Gasteiger partial charge >= 0.3 is 0 Å². The van der Waals surface area contributed by atoms with Crippen molar-refractivity contribution < 1.29 is 8.42 Å². The van der Waals surface area contributed by atoms with Gasteiger partial charge in [0.15, 0.2) is 15.8 Å². The molecule has 4 aliphatic rings. The molecule has 4 fully saturated rings. The second kappa shape index (κ2) is 7.45. The highest BCUT2D eigenvalue weighted by molar-refractivity contribution is 7.91. The lowest BCUT2D eigenvalue weighted by atomic mass is 9.95. The molecule has 0 radical (unpaired) electrons. The Morgan fingerprint density at radius 1 is 0.960 bits per heavy atom. The van der Waals surface area contributed by atoms with E-state index in [1.54, 1.807) is 0 Å². The number of guanidine groups is 1. The first-order valence-corrected chi connectivity index (χ1v) is 12.2. The fraction of sp³-hybridized carbons (Fsp3) is 0.947. The van der Waals surface area contributed by atoms with Gasteiger partial charge in [-0.3, -0.25) is 4.99 Å². The standard InChI is InChI=1S/C19H33N3O2S/c23-25(24)9-8-15(13-25)12-20-19(21-17-4-2-1-3-5-17)22-18-11-14-6-7-16(18)10-14/h14-18H,1-13H2,(H2,20,21,22). The average Bonchev–Trinajstić information content (AvgIpc) is 3.29. The zero-order valence-corrected chi connectivity index (χ0v) is 16.1. The van der Waals surface area contributed by atoms with Gasteiger partial charge in [-0.1, -0.05) is 25.7 Å². The molecule has 2 N–H and O–H groups in total. The molecule has 6 heteroatoms. The molecule has 0 aromatic rings. The normalized spacial score (nSPS) is 38.2. The summed E-state index contributed by atoms with van der Waals surface area (Å²) in [7, 11) is -2.81. The lowest BCUT2D eigenvalue weighted by Gasteiger charge is -2.29. The third-order valence-corrected chi connectivity index (χ3v) is 8.68. The minimum Gasteiger partial charge on any atom is -0.354 e. The van der Waals surface area contributed by atoms with Crippen molar-refractivity contribution in [2.75, 3.05) is 18.1 Å². The van der Waals surface area contributed by atoms with Gasteiger partial charge in [-0.05, 0) is 56.3 Å². The predicted molar refractivity (Wildman–Crippen MR) is 101 cm³/mol. The van der Waals surface area contributed by atoms with Crippen LogP contribution in [0.25, 0.3) is 0 Å². The molecule has 4 atom stereocenters. The van der Waals surface area contributed by atoms with Crippen molar-refractivity contribution in [1.82, 2.24) is 10.6 Å². The number of sulfone groups is 1. The van der Waals surface area contributed by atoms with E-state index in [0.29, 0.717) is 30.1 Å². The lowest BCUT2D eigenvalue weighted by Crippen LogP contribution is -2.49. The van der Waals surface area contributed by atoms with Gasteiger partial charge in [0.25, 0.3) is 0 Å². The van der Waals surface area contributed by atoms with Crippen molar-refractivity contribution in [2.45, 2.75) is 76.3 Å². The van der Waals surface area contributed by atoms with E-state index in [4.69, 9.17) is 4.99 Å². The fourth-order valence-corrected chi connectivity index (χ4v) is 7.26. The van der Waals surface area contributed by atoms with Gasteiger partial charge in [0, 0.05) is 18.6 Å². The number of hydrogen-bond acceptors (Lipinski definition) is 3. The maximum atomic E-state index is 11.7. The number of rotatable bonds is 4. The van der Waals surface area contributed by atoms with Crippen LogP contribution in [0.1, 0.15) is 64.2 Å². The third kappa shape index (κ3) is 4.50. The summed E-state index contributed by atoms with van der Waals surface area (Å²) in [5, 5.41) is 7.41. The molecular weight excluding hydrogens is 334 g/mol. The van der Waals surface area contributed by atoms with Crippen LogP contribution in [0.3, 0.4) is 0 Å². The highest BCUT2D eigenvalue weighted by Gasteiger charge is 2.40. The molecule has 4 unspecified atom stereocenters. The molecule has 1 aliphatic heterocycles. The van der Waals surface area contributed by atoms with Crippen LogP contribution >= 0.6 is 0 Å². The van der Waals surface area contributed by atoms with Crippen molar-refractivity contribution in [1.29, 1.82) is 0 Å². The minimum atomic E-state index is -2.81. The Hall–Kier alpha value is -0.780. The molecule has 3 aliphatic carbocycles. The summed E-state index contributed by atoms with van der Waals surface area (Å²) in [5.74, 6) is 3.55. The average molecular weight is 368 g/mol. The van der Waals surface area contributed by atoms with Gasteiger partial charge < -0.3 is 10.6 Å². The first-order valence-electron chi connectivity index (χ1n) is 10.4. The molecule has 1 heterocycles. The zero-order valence-electron chi connectivity index (χ0n) is 15.3. The second-order valence-electron chi connectivity index (χ2n) is 8.86. The lowest BCUT2D eigenvalue weighted by molar-refractivity contribution is 0.374. The van der Waals surface area contributed by atoms with E-state index in [1.165, 1.54) is 57.8 Å². The van der Waals surface area contributed by atoms with Crippen LogP contribution in [0.2, 0.25) is 0 Å². The maximum absolute atomic E-state index is 11.7. The van der Waals surface area contributed by atoms with E-state index < -0.39 is 9.84 Å². The van der Waals surface area contributed by atoms with Gasteiger partial charge in [-0.25, -0.2) is 8.42 Å². The Morgan fingerprint density at radius 3 is 2.44 bits per heavy atom. The van der Waals surface area contributed by atoms with Gasteiger partial charge in [0.2, 0.25) is 0 Å². The second-order valence-corrected chi connectivity index (χ2v) is 11.1. The Balaban J connectivity index is 1.38. The zero-order chi connectivity index (χ0) is 17.3. The number of aliphatic imine (C=N–C) groups is 1. The summed E-state index contributed by atoms with van der Waals surface area (Å²) in [6.07, 6.45) is 12.6. The van der Waals surface area contributed by atoms with Crippen LogP contribution in [0, 0.1) is 17.8 Å². The van der Waals surface area contributed by atoms with E-state index in [-0.39, 0.29) is 5.92 Å². The third-order valence-electron chi connectivity index (χ3n) is 6.84. The summed E-state index contributed by atoms with van der Waals surface area (Å²) in [4.78, 5) is 4.84. The van der Waals surface area contributed by atoms with Crippen molar-refractivity contribution in [3.63, 3.8) is 0 Å². The van der Waals surface area contributed by atoms with Crippen LogP contribution in [-0.4, -0.2) is 44.5 Å². The van der Waals surface area contributed by atoms with Crippen molar-refractivity contribution in [3.05, 3.63) is 0 Å².